The molecule has 2 heterocycles. The Morgan fingerprint density at radius 2 is 2.22 bits per heavy atom. The van der Waals surface area contributed by atoms with Gasteiger partial charge in [0.2, 0.25) is 5.88 Å². The lowest BCUT2D eigenvalue weighted by Crippen LogP contribution is -2.36. The van der Waals surface area contributed by atoms with E-state index in [-0.39, 0.29) is 12.1 Å². The van der Waals surface area contributed by atoms with Crippen molar-refractivity contribution < 1.29 is 18.7 Å². The fourth-order valence-electron chi connectivity index (χ4n) is 1.94. The van der Waals surface area contributed by atoms with Gasteiger partial charge in [-0.2, -0.15) is 0 Å². The minimum absolute atomic E-state index is 0.212. The Balaban J connectivity index is 1.84. The number of carbonyl (C=O) groups is 1. The molecule has 2 aromatic rings. The molecule has 0 saturated carbocycles. The molecule has 2 aromatic heterocycles. The molecule has 0 spiro atoms. The summed E-state index contributed by atoms with van der Waals surface area (Å²) in [4.78, 5) is 16.1. The van der Waals surface area contributed by atoms with E-state index >= 15 is 0 Å². The summed E-state index contributed by atoms with van der Waals surface area (Å²) in [5.41, 5.74) is 0.796. The molecule has 2 amide bonds. The second-order valence-corrected chi connectivity index (χ2v) is 4.87. The molecule has 0 fully saturated rings. The van der Waals surface area contributed by atoms with Crippen LogP contribution in [-0.2, 0) is 11.3 Å². The quantitative estimate of drug-likeness (QED) is 0.729. The van der Waals surface area contributed by atoms with Gasteiger partial charge in [0.25, 0.3) is 0 Å². The van der Waals surface area contributed by atoms with Gasteiger partial charge in [-0.15, -0.1) is 0 Å². The second-order valence-electron chi connectivity index (χ2n) is 4.87. The molecule has 2 rings (SSSR count). The second kappa shape index (κ2) is 8.79. The third kappa shape index (κ3) is 5.30. The van der Waals surface area contributed by atoms with Gasteiger partial charge in [0.15, 0.2) is 0 Å². The van der Waals surface area contributed by atoms with Crippen LogP contribution in [0.5, 0.6) is 5.88 Å². The summed E-state index contributed by atoms with van der Waals surface area (Å²) < 4.78 is 15.7. The average Bonchev–Trinajstić information content (AvgIpc) is 3.09. The highest BCUT2D eigenvalue weighted by Gasteiger charge is 2.12. The molecular weight excluding hydrogens is 298 g/mol. The summed E-state index contributed by atoms with van der Waals surface area (Å²) in [5, 5.41) is 5.58. The van der Waals surface area contributed by atoms with Crippen molar-refractivity contribution in [2.24, 2.45) is 0 Å². The van der Waals surface area contributed by atoms with Gasteiger partial charge in [0, 0.05) is 25.4 Å². The molecule has 1 atom stereocenters. The SMILES string of the molecule is COCCOc1ncccc1CNC(=O)NC(C)c1ccco1. The lowest BCUT2D eigenvalue weighted by molar-refractivity contribution is 0.143. The molecular formula is C16H21N3O4. The zero-order chi connectivity index (χ0) is 16.5. The van der Waals surface area contributed by atoms with Gasteiger partial charge in [-0.25, -0.2) is 9.78 Å². The maximum absolute atomic E-state index is 11.9. The minimum Gasteiger partial charge on any atom is -0.475 e. The number of furan rings is 1. The number of carbonyl (C=O) groups excluding carboxylic acids is 1. The highest BCUT2D eigenvalue weighted by molar-refractivity contribution is 5.74. The van der Waals surface area contributed by atoms with Gasteiger partial charge >= 0.3 is 6.03 Å². The standard InChI is InChI=1S/C16H21N3O4/c1-12(14-6-4-8-22-14)19-16(20)18-11-13-5-3-7-17-15(13)23-10-9-21-2/h3-8,12H,9-11H2,1-2H3,(H2,18,19,20). The third-order valence-electron chi connectivity index (χ3n) is 3.13. The van der Waals surface area contributed by atoms with E-state index in [4.69, 9.17) is 13.9 Å². The van der Waals surface area contributed by atoms with Crippen LogP contribution in [0, 0.1) is 0 Å². The predicted molar refractivity (Wildman–Crippen MR) is 84.1 cm³/mol. The smallest absolute Gasteiger partial charge is 0.315 e. The molecule has 23 heavy (non-hydrogen) atoms. The maximum atomic E-state index is 11.9. The van der Waals surface area contributed by atoms with Crippen LogP contribution in [0.3, 0.4) is 0 Å². The van der Waals surface area contributed by atoms with Crippen molar-refractivity contribution in [3.8, 4) is 5.88 Å². The van der Waals surface area contributed by atoms with Crippen molar-refractivity contribution in [3.63, 3.8) is 0 Å². The van der Waals surface area contributed by atoms with E-state index in [1.54, 1.807) is 31.7 Å². The predicted octanol–water partition coefficient (Wildman–Crippen LogP) is 2.26. The van der Waals surface area contributed by atoms with Crippen LogP contribution in [0.1, 0.15) is 24.3 Å². The molecule has 7 heteroatoms. The molecule has 0 aliphatic heterocycles. The van der Waals surface area contributed by atoms with Crippen LogP contribution in [-0.4, -0.2) is 31.3 Å². The first kappa shape index (κ1) is 16.8. The Kier molecular flexibility index (Phi) is 6.43. The minimum atomic E-state index is -0.291. The summed E-state index contributed by atoms with van der Waals surface area (Å²) >= 11 is 0. The van der Waals surface area contributed by atoms with Gasteiger partial charge in [-0.3, -0.25) is 0 Å². The van der Waals surface area contributed by atoms with E-state index in [1.165, 1.54) is 0 Å². The Bertz CT molecular complexity index is 601. The molecule has 7 nitrogen and oxygen atoms in total. The fourth-order valence-corrected chi connectivity index (χ4v) is 1.94. The zero-order valence-corrected chi connectivity index (χ0v) is 13.2. The van der Waals surface area contributed by atoms with E-state index in [0.29, 0.717) is 31.4 Å². The van der Waals surface area contributed by atoms with Gasteiger partial charge in [0.05, 0.1) is 18.9 Å². The molecule has 0 radical (unpaired) electrons. The van der Waals surface area contributed by atoms with E-state index < -0.39 is 0 Å². The van der Waals surface area contributed by atoms with Crippen molar-refractivity contribution in [2.45, 2.75) is 19.5 Å². The number of methoxy groups -OCH3 is 1. The summed E-state index contributed by atoms with van der Waals surface area (Å²) in [7, 11) is 1.61. The normalized spacial score (nSPS) is 11.7. The van der Waals surface area contributed by atoms with Gasteiger partial charge in [-0.05, 0) is 25.1 Å². The summed E-state index contributed by atoms with van der Waals surface area (Å²) in [6.45, 7) is 3.04. The number of urea groups is 1. The molecule has 2 N–H and O–H groups in total. The number of rotatable bonds is 8. The molecule has 1 unspecified atom stereocenters. The highest BCUT2D eigenvalue weighted by Crippen LogP contribution is 2.14. The maximum Gasteiger partial charge on any atom is 0.315 e. The molecule has 0 aliphatic carbocycles. The molecule has 124 valence electrons. The molecule has 0 aliphatic rings. The first-order valence-electron chi connectivity index (χ1n) is 7.34. The first-order valence-corrected chi connectivity index (χ1v) is 7.34. The Labute approximate surface area is 135 Å². The van der Waals surface area contributed by atoms with Gasteiger partial charge in [-0.1, -0.05) is 6.07 Å². The Morgan fingerprint density at radius 3 is 2.96 bits per heavy atom. The number of amides is 2. The monoisotopic (exact) mass is 319 g/mol. The van der Waals surface area contributed by atoms with E-state index in [9.17, 15) is 4.79 Å². The van der Waals surface area contributed by atoms with Crippen LogP contribution in [0.25, 0.3) is 0 Å². The lowest BCUT2D eigenvalue weighted by Gasteiger charge is -2.14. The molecule has 0 aromatic carbocycles. The zero-order valence-electron chi connectivity index (χ0n) is 13.2. The number of hydrogen-bond donors (Lipinski definition) is 2. The van der Waals surface area contributed by atoms with Crippen molar-refractivity contribution in [1.82, 2.24) is 15.6 Å². The fraction of sp³-hybridized carbons (Fsp3) is 0.375. The van der Waals surface area contributed by atoms with Crippen molar-refractivity contribution in [1.29, 1.82) is 0 Å². The van der Waals surface area contributed by atoms with Gasteiger partial charge < -0.3 is 24.5 Å². The van der Waals surface area contributed by atoms with Crippen molar-refractivity contribution in [2.75, 3.05) is 20.3 Å². The number of aromatic nitrogens is 1. The summed E-state index contributed by atoms with van der Waals surface area (Å²) in [6, 6.07) is 6.74. The van der Waals surface area contributed by atoms with Crippen LogP contribution in [0.2, 0.25) is 0 Å². The Morgan fingerprint density at radius 1 is 1.35 bits per heavy atom. The summed E-state index contributed by atoms with van der Waals surface area (Å²) in [6.07, 6.45) is 3.22. The average molecular weight is 319 g/mol. The van der Waals surface area contributed by atoms with E-state index in [1.807, 2.05) is 19.1 Å². The topological polar surface area (TPSA) is 85.6 Å². The number of ether oxygens (including phenoxy) is 2. The summed E-state index contributed by atoms with van der Waals surface area (Å²) in [5.74, 6) is 1.19. The van der Waals surface area contributed by atoms with Crippen molar-refractivity contribution >= 4 is 6.03 Å². The van der Waals surface area contributed by atoms with Crippen molar-refractivity contribution in [3.05, 3.63) is 48.0 Å². The van der Waals surface area contributed by atoms with Crippen LogP contribution in [0.4, 0.5) is 4.79 Å². The number of nitrogens with one attached hydrogen (secondary N) is 2. The third-order valence-corrected chi connectivity index (χ3v) is 3.13. The van der Waals surface area contributed by atoms with E-state index in [0.717, 1.165) is 5.56 Å². The van der Waals surface area contributed by atoms with Gasteiger partial charge in [0.1, 0.15) is 12.4 Å². The number of hydrogen-bond acceptors (Lipinski definition) is 5. The van der Waals surface area contributed by atoms with Crippen LogP contribution in [0.15, 0.2) is 41.1 Å². The Hall–Kier alpha value is -2.54. The number of pyridine rings is 1. The van der Waals surface area contributed by atoms with Crippen LogP contribution < -0.4 is 15.4 Å². The highest BCUT2D eigenvalue weighted by atomic mass is 16.5. The molecule has 0 bridgehead atoms. The van der Waals surface area contributed by atoms with E-state index in [2.05, 4.69) is 15.6 Å². The largest absolute Gasteiger partial charge is 0.475 e. The number of nitrogens with zero attached hydrogens (tertiary/aromatic N) is 1. The lowest BCUT2D eigenvalue weighted by atomic mass is 10.2. The first-order chi connectivity index (χ1) is 11.2. The molecule has 0 saturated heterocycles. The van der Waals surface area contributed by atoms with Crippen LogP contribution >= 0.6 is 0 Å².